The number of aliphatic imine (C=N–C) groups is 1. The van der Waals surface area contributed by atoms with Crippen molar-refractivity contribution in [3.63, 3.8) is 0 Å². The molecule has 0 aliphatic heterocycles. The Kier molecular flexibility index (Phi) is 5.37. The molecule has 0 amide bonds. The summed E-state index contributed by atoms with van der Waals surface area (Å²) in [4.78, 5) is 16.7. The zero-order valence-corrected chi connectivity index (χ0v) is 18.9. The van der Waals surface area contributed by atoms with E-state index in [4.69, 9.17) is 9.15 Å². The fourth-order valence-corrected chi connectivity index (χ4v) is 4.12. The number of benzene rings is 3. The molecule has 32 heavy (non-hydrogen) atoms. The highest BCUT2D eigenvalue weighted by Gasteiger charge is 2.13. The van der Waals surface area contributed by atoms with Crippen molar-refractivity contribution in [2.75, 3.05) is 0 Å². The molecule has 5 nitrogen and oxygen atoms in total. The predicted octanol–water partition coefficient (Wildman–Crippen LogP) is 7.14. The van der Waals surface area contributed by atoms with Gasteiger partial charge in [0.1, 0.15) is 5.75 Å². The number of aromatic nitrogens is 1. The van der Waals surface area contributed by atoms with Crippen LogP contribution >= 0.6 is 15.9 Å². The molecular weight excluding hydrogens is 468 g/mol. The molecule has 0 bridgehead atoms. The highest BCUT2D eigenvalue weighted by Crippen LogP contribution is 2.31. The van der Waals surface area contributed by atoms with Gasteiger partial charge in [0.15, 0.2) is 4.67 Å². The predicted molar refractivity (Wildman–Crippen MR) is 130 cm³/mol. The van der Waals surface area contributed by atoms with Crippen LogP contribution in [0.5, 0.6) is 5.75 Å². The summed E-state index contributed by atoms with van der Waals surface area (Å²) < 4.78 is 13.3. The summed E-state index contributed by atoms with van der Waals surface area (Å²) in [6.45, 7) is 3.05. The van der Waals surface area contributed by atoms with E-state index in [1.54, 1.807) is 30.5 Å². The number of fused-ring (bicyclic) bond motifs is 3. The fourth-order valence-electron chi connectivity index (χ4n) is 3.81. The third kappa shape index (κ3) is 3.85. The molecule has 0 aliphatic carbocycles. The lowest BCUT2D eigenvalue weighted by Gasteiger charge is -2.04. The molecule has 0 N–H and O–H groups in total. The van der Waals surface area contributed by atoms with Gasteiger partial charge in [0.25, 0.3) is 0 Å². The summed E-state index contributed by atoms with van der Waals surface area (Å²) in [6, 6.07) is 25.1. The van der Waals surface area contributed by atoms with Crippen LogP contribution < -0.4 is 4.74 Å². The summed E-state index contributed by atoms with van der Waals surface area (Å²) in [5, 5.41) is 2.49. The van der Waals surface area contributed by atoms with Gasteiger partial charge in [0.05, 0.1) is 11.2 Å². The van der Waals surface area contributed by atoms with E-state index in [1.807, 2.05) is 18.2 Å². The van der Waals surface area contributed by atoms with E-state index in [9.17, 15) is 4.79 Å². The van der Waals surface area contributed by atoms with E-state index >= 15 is 0 Å². The number of hydrogen-bond donors (Lipinski definition) is 0. The maximum atomic E-state index is 12.1. The molecule has 0 saturated heterocycles. The van der Waals surface area contributed by atoms with Gasteiger partial charge in [-0.25, -0.2) is 4.79 Å². The molecule has 5 aromatic rings. The minimum atomic E-state index is -0.545. The molecule has 5 rings (SSSR count). The summed E-state index contributed by atoms with van der Waals surface area (Å²) in [6.07, 6.45) is 1.80. The molecule has 0 aliphatic rings. The Morgan fingerprint density at radius 2 is 1.78 bits per heavy atom. The first kappa shape index (κ1) is 20.3. The fraction of sp³-hybridized carbons (Fsp3) is 0.0769. The van der Waals surface area contributed by atoms with Crippen molar-refractivity contribution in [1.82, 2.24) is 4.57 Å². The molecule has 2 heterocycles. The lowest BCUT2D eigenvalue weighted by Crippen LogP contribution is -2.07. The Hall–Kier alpha value is -3.64. The number of hydrogen-bond acceptors (Lipinski definition) is 4. The normalized spacial score (nSPS) is 11.6. The van der Waals surface area contributed by atoms with Crippen LogP contribution in [-0.4, -0.2) is 16.8 Å². The Labute approximate surface area is 193 Å². The number of nitrogens with zero attached hydrogens (tertiary/aromatic N) is 2. The van der Waals surface area contributed by atoms with Gasteiger partial charge in [-0.2, -0.15) is 0 Å². The molecule has 2 aromatic heterocycles. The van der Waals surface area contributed by atoms with Gasteiger partial charge in [-0.05, 0) is 83.0 Å². The van der Waals surface area contributed by atoms with Crippen molar-refractivity contribution in [2.45, 2.75) is 13.5 Å². The van der Waals surface area contributed by atoms with Crippen LogP contribution in [0, 0.1) is 0 Å². The van der Waals surface area contributed by atoms with Gasteiger partial charge in [-0.1, -0.05) is 24.3 Å². The average molecular weight is 487 g/mol. The second-order valence-electron chi connectivity index (χ2n) is 7.28. The highest BCUT2D eigenvalue weighted by atomic mass is 79.9. The molecule has 6 heteroatoms. The van der Waals surface area contributed by atoms with E-state index < -0.39 is 5.97 Å². The standard InChI is InChI=1S/C26H19BrN2O3/c1-2-29-22-6-4-3-5-20(22)21-12-9-18(15-23(21)29)28-16-17-7-10-19(11-8-17)31-26(30)24-13-14-25(27)32-24/h3-16H,2H2,1H3. The van der Waals surface area contributed by atoms with Crippen LogP contribution in [0.2, 0.25) is 0 Å². The monoisotopic (exact) mass is 486 g/mol. The number of aryl methyl sites for hydroxylation is 1. The number of furan rings is 1. The average Bonchev–Trinajstić information content (AvgIpc) is 3.39. The Balaban J connectivity index is 1.36. The SMILES string of the molecule is CCn1c2ccccc2c2ccc(N=Cc3ccc(OC(=O)c4ccc(Br)o4)cc3)cc21. The number of esters is 1. The van der Waals surface area contributed by atoms with Crippen molar-refractivity contribution >= 4 is 55.6 Å². The molecule has 0 saturated carbocycles. The summed E-state index contributed by atoms with van der Waals surface area (Å²) >= 11 is 3.17. The number of carbonyl (C=O) groups is 1. The van der Waals surface area contributed by atoms with Gasteiger partial charge in [0, 0.05) is 29.0 Å². The number of rotatable bonds is 5. The highest BCUT2D eigenvalue weighted by molar-refractivity contribution is 9.10. The van der Waals surface area contributed by atoms with Crippen LogP contribution in [-0.2, 0) is 6.54 Å². The van der Waals surface area contributed by atoms with Gasteiger partial charge in [0.2, 0.25) is 5.76 Å². The molecule has 158 valence electrons. The van der Waals surface area contributed by atoms with E-state index in [2.05, 4.69) is 68.8 Å². The first-order valence-corrected chi connectivity index (χ1v) is 11.0. The molecule has 0 spiro atoms. The van der Waals surface area contributed by atoms with Crippen molar-refractivity contribution in [3.8, 4) is 5.75 Å². The lowest BCUT2D eigenvalue weighted by molar-refractivity contribution is 0.0700. The summed E-state index contributed by atoms with van der Waals surface area (Å²) in [5.74, 6) is 0.0349. The smallest absolute Gasteiger partial charge is 0.379 e. The second kappa shape index (κ2) is 8.48. The maximum absolute atomic E-state index is 12.1. The van der Waals surface area contributed by atoms with Crippen molar-refractivity contribution in [3.05, 3.63) is 94.9 Å². The van der Waals surface area contributed by atoms with Crippen LogP contribution in [0.3, 0.4) is 0 Å². The quantitative estimate of drug-likeness (QED) is 0.150. The maximum Gasteiger partial charge on any atom is 0.379 e. The first-order chi connectivity index (χ1) is 15.6. The molecule has 0 unspecified atom stereocenters. The van der Waals surface area contributed by atoms with Gasteiger partial charge in [-0.15, -0.1) is 0 Å². The minimum absolute atomic E-state index is 0.141. The Morgan fingerprint density at radius 3 is 2.53 bits per heavy atom. The Morgan fingerprint density at radius 1 is 1.00 bits per heavy atom. The summed E-state index contributed by atoms with van der Waals surface area (Å²) in [5.41, 5.74) is 4.20. The van der Waals surface area contributed by atoms with E-state index in [-0.39, 0.29) is 5.76 Å². The lowest BCUT2D eigenvalue weighted by atomic mass is 10.1. The third-order valence-corrected chi connectivity index (χ3v) is 5.73. The summed E-state index contributed by atoms with van der Waals surface area (Å²) in [7, 11) is 0. The zero-order chi connectivity index (χ0) is 22.1. The molecular formula is C26H19BrN2O3. The van der Waals surface area contributed by atoms with Crippen molar-refractivity contribution in [1.29, 1.82) is 0 Å². The molecule has 3 aromatic carbocycles. The van der Waals surface area contributed by atoms with E-state index in [0.717, 1.165) is 17.8 Å². The topological polar surface area (TPSA) is 56.7 Å². The third-order valence-electron chi connectivity index (χ3n) is 5.30. The molecule has 0 fully saturated rings. The number of carbonyl (C=O) groups excluding carboxylic acids is 1. The van der Waals surface area contributed by atoms with Crippen LogP contribution in [0.15, 0.2) is 92.9 Å². The molecule has 0 radical (unpaired) electrons. The zero-order valence-electron chi connectivity index (χ0n) is 17.3. The molecule has 0 atom stereocenters. The number of ether oxygens (including phenoxy) is 1. The largest absolute Gasteiger partial charge is 0.442 e. The van der Waals surface area contributed by atoms with E-state index in [1.165, 1.54) is 21.8 Å². The van der Waals surface area contributed by atoms with Crippen LogP contribution in [0.4, 0.5) is 5.69 Å². The first-order valence-electron chi connectivity index (χ1n) is 10.2. The van der Waals surface area contributed by atoms with E-state index in [0.29, 0.717) is 10.4 Å². The number of halogens is 1. The van der Waals surface area contributed by atoms with Gasteiger partial charge < -0.3 is 13.7 Å². The van der Waals surface area contributed by atoms with Gasteiger partial charge in [-0.3, -0.25) is 4.99 Å². The van der Waals surface area contributed by atoms with Crippen LogP contribution in [0.25, 0.3) is 21.8 Å². The van der Waals surface area contributed by atoms with Crippen LogP contribution in [0.1, 0.15) is 23.0 Å². The van der Waals surface area contributed by atoms with Gasteiger partial charge >= 0.3 is 5.97 Å². The second-order valence-corrected chi connectivity index (χ2v) is 8.06. The van der Waals surface area contributed by atoms with Crippen molar-refractivity contribution < 1.29 is 13.9 Å². The number of para-hydroxylation sites is 1. The minimum Gasteiger partial charge on any atom is -0.442 e. The Bertz CT molecular complexity index is 1460. The van der Waals surface area contributed by atoms with Crippen molar-refractivity contribution in [2.24, 2.45) is 4.99 Å².